The highest BCUT2D eigenvalue weighted by atomic mass is 79.9. The Balaban J connectivity index is 2.16. The van der Waals surface area contributed by atoms with Crippen LogP contribution in [0.1, 0.15) is 64.9 Å². The first kappa shape index (κ1) is 23.5. The van der Waals surface area contributed by atoms with E-state index in [2.05, 4.69) is 29.8 Å². The van der Waals surface area contributed by atoms with Gasteiger partial charge < -0.3 is 14.2 Å². The summed E-state index contributed by atoms with van der Waals surface area (Å²) in [6, 6.07) is 5.58. The maximum Gasteiger partial charge on any atom is 0.306 e. The van der Waals surface area contributed by atoms with Crippen LogP contribution in [0.3, 0.4) is 0 Å². The molecule has 1 rings (SSSR count). The van der Waals surface area contributed by atoms with E-state index >= 15 is 0 Å². The second-order valence-corrected chi connectivity index (χ2v) is 8.02. The van der Waals surface area contributed by atoms with E-state index in [-0.39, 0.29) is 24.6 Å². The summed E-state index contributed by atoms with van der Waals surface area (Å²) >= 11 is 3.38. The van der Waals surface area contributed by atoms with Crippen molar-refractivity contribution in [2.75, 3.05) is 7.11 Å². The highest BCUT2D eigenvalue weighted by Gasteiger charge is 2.11. The van der Waals surface area contributed by atoms with Crippen LogP contribution in [0.5, 0.6) is 5.75 Å². The molecule has 0 aromatic heterocycles. The van der Waals surface area contributed by atoms with E-state index < -0.39 is 0 Å². The lowest BCUT2D eigenvalue weighted by molar-refractivity contribution is -0.149. The zero-order valence-electron chi connectivity index (χ0n) is 16.8. The van der Waals surface area contributed by atoms with E-state index in [1.807, 2.05) is 25.1 Å². The molecule has 0 N–H and O–H groups in total. The number of esters is 2. The van der Waals surface area contributed by atoms with Crippen molar-refractivity contribution in [1.29, 1.82) is 0 Å². The highest BCUT2D eigenvalue weighted by molar-refractivity contribution is 9.10. The molecule has 1 aromatic rings. The van der Waals surface area contributed by atoms with Gasteiger partial charge in [-0.05, 0) is 44.2 Å². The fourth-order valence-electron chi connectivity index (χ4n) is 2.78. The number of hydrogen-bond donors (Lipinski definition) is 0. The van der Waals surface area contributed by atoms with Gasteiger partial charge in [0.05, 0.1) is 13.2 Å². The third-order valence-corrected chi connectivity index (χ3v) is 4.53. The number of carbonyl (C=O) groups is 2. The summed E-state index contributed by atoms with van der Waals surface area (Å²) in [4.78, 5) is 23.6. The zero-order chi connectivity index (χ0) is 20.2. The Morgan fingerprint density at radius 3 is 2.33 bits per heavy atom. The van der Waals surface area contributed by atoms with Gasteiger partial charge in [0.15, 0.2) is 0 Å². The lowest BCUT2D eigenvalue weighted by atomic mass is 10.1. The van der Waals surface area contributed by atoms with Crippen LogP contribution in [-0.2, 0) is 25.7 Å². The number of rotatable bonds is 12. The van der Waals surface area contributed by atoms with Crippen molar-refractivity contribution in [3.63, 3.8) is 0 Å². The van der Waals surface area contributed by atoms with Gasteiger partial charge in [-0.1, -0.05) is 42.3 Å². The summed E-state index contributed by atoms with van der Waals surface area (Å²) in [7, 11) is 1.59. The molecule has 0 saturated carbocycles. The van der Waals surface area contributed by atoms with Gasteiger partial charge in [0, 0.05) is 22.9 Å². The maximum atomic E-state index is 11.9. The number of halogens is 1. The van der Waals surface area contributed by atoms with E-state index in [0.29, 0.717) is 30.9 Å². The normalized spacial score (nSPS) is 11.9. The Morgan fingerprint density at radius 2 is 1.70 bits per heavy atom. The van der Waals surface area contributed by atoms with Crippen molar-refractivity contribution in [2.24, 2.45) is 5.92 Å². The van der Waals surface area contributed by atoms with E-state index in [1.54, 1.807) is 7.11 Å². The molecule has 0 aliphatic rings. The molecule has 1 atom stereocenters. The van der Waals surface area contributed by atoms with Crippen LogP contribution >= 0.6 is 15.9 Å². The van der Waals surface area contributed by atoms with Crippen LogP contribution in [-0.4, -0.2) is 25.2 Å². The summed E-state index contributed by atoms with van der Waals surface area (Å²) < 4.78 is 16.8. The Hall–Kier alpha value is -1.56. The molecule has 1 aromatic carbocycles. The van der Waals surface area contributed by atoms with Gasteiger partial charge in [-0.3, -0.25) is 9.59 Å². The van der Waals surface area contributed by atoms with Crippen molar-refractivity contribution in [2.45, 2.75) is 72.0 Å². The Labute approximate surface area is 170 Å². The third-order valence-electron chi connectivity index (χ3n) is 4.04. The summed E-state index contributed by atoms with van der Waals surface area (Å²) in [5.41, 5.74) is 0.826. The zero-order valence-corrected chi connectivity index (χ0v) is 18.3. The molecule has 0 aliphatic carbocycles. The van der Waals surface area contributed by atoms with Crippen molar-refractivity contribution >= 4 is 27.9 Å². The third kappa shape index (κ3) is 10.4. The quantitative estimate of drug-likeness (QED) is 0.319. The van der Waals surface area contributed by atoms with E-state index in [9.17, 15) is 9.59 Å². The number of ether oxygens (including phenoxy) is 3. The first-order valence-corrected chi connectivity index (χ1v) is 10.3. The molecular formula is C21H31BrO5. The summed E-state index contributed by atoms with van der Waals surface area (Å²) in [6.45, 7) is 6.33. The van der Waals surface area contributed by atoms with E-state index in [0.717, 1.165) is 29.3 Å². The van der Waals surface area contributed by atoms with Gasteiger partial charge in [0.2, 0.25) is 0 Å². The molecule has 0 radical (unpaired) electrons. The van der Waals surface area contributed by atoms with E-state index in [1.165, 1.54) is 0 Å². The van der Waals surface area contributed by atoms with Crippen LogP contribution in [0.4, 0.5) is 0 Å². The number of carbonyl (C=O) groups excluding carboxylic acids is 2. The fraction of sp³-hybridized carbons (Fsp3) is 0.619. The predicted molar refractivity (Wildman–Crippen MR) is 109 cm³/mol. The molecule has 0 heterocycles. The molecule has 0 bridgehead atoms. The summed E-state index contributed by atoms with van der Waals surface area (Å²) in [5, 5.41) is 0. The monoisotopic (exact) mass is 442 g/mol. The van der Waals surface area contributed by atoms with Crippen LogP contribution in [0.2, 0.25) is 0 Å². The Kier molecular flexibility index (Phi) is 11.1. The molecule has 5 nitrogen and oxygen atoms in total. The summed E-state index contributed by atoms with van der Waals surface area (Å²) in [6.07, 6.45) is 3.80. The number of benzene rings is 1. The molecule has 0 amide bonds. The molecular weight excluding hydrogens is 412 g/mol. The summed E-state index contributed by atoms with van der Waals surface area (Å²) in [5.74, 6) is 0.791. The number of hydrogen-bond acceptors (Lipinski definition) is 5. The lowest BCUT2D eigenvalue weighted by Gasteiger charge is -2.15. The van der Waals surface area contributed by atoms with Crippen molar-refractivity contribution in [1.82, 2.24) is 0 Å². The highest BCUT2D eigenvalue weighted by Crippen LogP contribution is 2.24. The molecule has 0 spiro atoms. The van der Waals surface area contributed by atoms with Crippen LogP contribution in [0.15, 0.2) is 22.7 Å². The molecule has 0 saturated heterocycles. The average molecular weight is 443 g/mol. The first-order valence-electron chi connectivity index (χ1n) is 9.49. The second kappa shape index (κ2) is 12.8. The van der Waals surface area contributed by atoms with Gasteiger partial charge >= 0.3 is 11.9 Å². The van der Waals surface area contributed by atoms with Crippen LogP contribution < -0.4 is 4.74 Å². The second-order valence-electron chi connectivity index (χ2n) is 7.11. The largest absolute Gasteiger partial charge is 0.496 e. The Bertz CT molecular complexity index is 600. The van der Waals surface area contributed by atoms with Gasteiger partial charge in [-0.25, -0.2) is 0 Å². The van der Waals surface area contributed by atoms with Gasteiger partial charge in [0.25, 0.3) is 0 Å². The molecule has 152 valence electrons. The predicted octanol–water partition coefficient (Wildman–Crippen LogP) is 5.43. The standard InChI is InChI=1S/C21H31BrO5/c1-15(2)12-16(3)27-21(24)9-7-5-6-8-20(23)26-14-17-10-11-18(22)13-19(17)25-4/h10-11,13,15-16H,5-9,12,14H2,1-4H3. The fourth-order valence-corrected chi connectivity index (χ4v) is 3.12. The minimum Gasteiger partial charge on any atom is -0.496 e. The molecule has 0 aliphatic heterocycles. The smallest absolute Gasteiger partial charge is 0.306 e. The lowest BCUT2D eigenvalue weighted by Crippen LogP contribution is -2.16. The first-order chi connectivity index (χ1) is 12.8. The van der Waals surface area contributed by atoms with Crippen molar-refractivity contribution < 1.29 is 23.8 Å². The van der Waals surface area contributed by atoms with Crippen molar-refractivity contribution in [3.05, 3.63) is 28.2 Å². The average Bonchev–Trinajstić information content (AvgIpc) is 2.59. The SMILES string of the molecule is COc1cc(Br)ccc1COC(=O)CCCCCC(=O)OC(C)CC(C)C. The minimum absolute atomic E-state index is 0.0388. The Morgan fingerprint density at radius 1 is 1.04 bits per heavy atom. The molecule has 6 heteroatoms. The van der Waals surface area contributed by atoms with Crippen LogP contribution in [0.25, 0.3) is 0 Å². The van der Waals surface area contributed by atoms with Crippen LogP contribution in [0, 0.1) is 5.92 Å². The number of unbranched alkanes of at least 4 members (excludes halogenated alkanes) is 2. The minimum atomic E-state index is -0.242. The molecule has 1 unspecified atom stereocenters. The van der Waals surface area contributed by atoms with Gasteiger partial charge in [-0.2, -0.15) is 0 Å². The number of methoxy groups -OCH3 is 1. The molecule has 0 fully saturated rings. The maximum absolute atomic E-state index is 11.9. The van der Waals surface area contributed by atoms with Crippen molar-refractivity contribution in [3.8, 4) is 5.75 Å². The van der Waals surface area contributed by atoms with E-state index in [4.69, 9.17) is 14.2 Å². The topological polar surface area (TPSA) is 61.8 Å². The molecule has 27 heavy (non-hydrogen) atoms. The van der Waals surface area contributed by atoms with Gasteiger partial charge in [-0.15, -0.1) is 0 Å². The van der Waals surface area contributed by atoms with Gasteiger partial charge in [0.1, 0.15) is 12.4 Å².